The van der Waals surface area contributed by atoms with E-state index in [1.54, 1.807) is 119 Å². The van der Waals surface area contributed by atoms with Crippen LogP contribution in [0.2, 0.25) is 15.1 Å². The number of nitrogens with zero attached hydrogens (tertiary/aromatic N) is 9. The van der Waals surface area contributed by atoms with Gasteiger partial charge in [0.05, 0.1) is 78.4 Å². The van der Waals surface area contributed by atoms with Gasteiger partial charge >= 0.3 is 25.0 Å². The zero-order valence-corrected chi connectivity index (χ0v) is 56.7. The van der Waals surface area contributed by atoms with E-state index in [2.05, 4.69) is 30.9 Å². The summed E-state index contributed by atoms with van der Waals surface area (Å²) >= 11 is 22.8. The van der Waals surface area contributed by atoms with Crippen LogP contribution in [0.5, 0.6) is 0 Å². The number of fused-ring (bicyclic) bond motifs is 6. The van der Waals surface area contributed by atoms with E-state index in [0.717, 1.165) is 26.7 Å². The minimum Gasteiger partial charge on any atom is -0.480 e. The highest BCUT2D eigenvalue weighted by Gasteiger charge is 2.24. The van der Waals surface area contributed by atoms with Gasteiger partial charge in [-0.1, -0.05) is 70.3 Å². The second kappa shape index (κ2) is 31.7. The number of hydrogen-bond donors (Lipinski definition) is 3. The van der Waals surface area contributed by atoms with Gasteiger partial charge < -0.3 is 53.0 Å². The van der Waals surface area contributed by atoms with Gasteiger partial charge in [0.2, 0.25) is 0 Å². The third-order valence-electron chi connectivity index (χ3n) is 15.3. The topological polar surface area (TPSA) is 245 Å². The highest BCUT2D eigenvalue weighted by molar-refractivity contribution is 9.10. The molecule has 0 saturated carbocycles. The molecule has 6 aromatic heterocycles. The number of pyridine rings is 6. The molecular weight excluding hydrogens is 1350 g/mol. The van der Waals surface area contributed by atoms with Crippen LogP contribution in [0.25, 0.3) is 87.7 Å². The monoisotopic (exact) mass is 1420 g/mol. The molecule has 6 aromatic carbocycles. The molecule has 0 aliphatic rings. The first-order valence-corrected chi connectivity index (χ1v) is 31.5. The number of rotatable bonds is 14. The van der Waals surface area contributed by atoms with E-state index in [-0.39, 0.29) is 61.9 Å². The molecule has 0 bridgehead atoms. The Bertz CT molecular complexity index is 5080. The Kier molecular flexibility index (Phi) is 23.8. The van der Waals surface area contributed by atoms with Gasteiger partial charge in [0.15, 0.2) is 16.3 Å². The van der Waals surface area contributed by atoms with Crippen molar-refractivity contribution >= 4 is 164 Å². The minimum atomic E-state index is -1.38. The first-order chi connectivity index (χ1) is 45.4. The van der Waals surface area contributed by atoms with Crippen molar-refractivity contribution in [1.29, 1.82) is 0 Å². The largest absolute Gasteiger partial charge is 0.488 e. The molecule has 0 saturated heterocycles. The summed E-state index contributed by atoms with van der Waals surface area (Å²) in [6.07, 6.45) is 9.83. The lowest BCUT2D eigenvalue weighted by Crippen LogP contribution is -2.29. The molecule has 0 radical (unpaired) electrons. The molecule has 20 nitrogen and oxygen atoms in total. The molecule has 12 aromatic rings. The van der Waals surface area contributed by atoms with Crippen molar-refractivity contribution in [3.05, 3.63) is 215 Å². The third-order valence-corrected chi connectivity index (χ3v) is 16.7. The number of hydrogen-bond acceptors (Lipinski definition) is 16. The van der Waals surface area contributed by atoms with E-state index in [4.69, 9.17) is 54.3 Å². The molecule has 0 fully saturated rings. The average molecular weight is 1420 g/mol. The Morgan fingerprint density at radius 3 is 1.08 bits per heavy atom. The van der Waals surface area contributed by atoms with Crippen molar-refractivity contribution in [3.8, 4) is 22.3 Å². The van der Waals surface area contributed by atoms with Gasteiger partial charge in [0.25, 0.3) is 0 Å². The second-order valence-corrected chi connectivity index (χ2v) is 24.2. The number of halogens is 4. The number of ether oxygens (including phenoxy) is 2. The Hall–Kier alpha value is -9.68. The Morgan fingerprint density at radius 2 is 0.771 bits per heavy atom. The fourth-order valence-corrected chi connectivity index (χ4v) is 12.5. The summed E-state index contributed by atoms with van der Waals surface area (Å²) in [4.78, 5) is 93.4. The van der Waals surface area contributed by atoms with Gasteiger partial charge in [-0.2, -0.15) is 0 Å². The number of benzene rings is 6. The summed E-state index contributed by atoms with van der Waals surface area (Å²) in [6.45, 7) is 3.74. The lowest BCUT2D eigenvalue weighted by atomic mass is 9.81. The van der Waals surface area contributed by atoms with Crippen LogP contribution in [-0.4, -0.2) is 124 Å². The highest BCUT2D eigenvalue weighted by Crippen LogP contribution is 2.38. The quantitative estimate of drug-likeness (QED) is 0.0520. The number of esters is 2. The number of carboxylic acid groups (broad SMARTS) is 1. The van der Waals surface area contributed by atoms with Crippen molar-refractivity contribution in [2.45, 2.75) is 40.9 Å². The van der Waals surface area contributed by atoms with Gasteiger partial charge in [0, 0.05) is 116 Å². The molecular formula is C71H68BBrCl3N9O11. The summed E-state index contributed by atoms with van der Waals surface area (Å²) < 4.78 is 16.5. The molecule has 0 aliphatic heterocycles. The molecule has 0 amide bonds. The van der Waals surface area contributed by atoms with E-state index < -0.39 is 13.1 Å². The maximum Gasteiger partial charge on any atom is 0.488 e. The number of aliphatic carboxylic acids is 1. The van der Waals surface area contributed by atoms with Crippen LogP contribution in [0, 0.1) is 0 Å². The van der Waals surface area contributed by atoms with Crippen molar-refractivity contribution in [2.75, 3.05) is 70.2 Å². The Labute approximate surface area is 576 Å². The Balaban J connectivity index is 0.000000172. The van der Waals surface area contributed by atoms with Crippen molar-refractivity contribution in [1.82, 2.24) is 28.7 Å². The van der Waals surface area contributed by atoms with Gasteiger partial charge in [-0.3, -0.25) is 43.7 Å². The molecule has 0 spiro atoms. The van der Waals surface area contributed by atoms with Crippen LogP contribution in [0.15, 0.2) is 183 Å². The number of carbonyl (C=O) groups is 3. The molecule has 12 rings (SSSR count). The van der Waals surface area contributed by atoms with Crippen LogP contribution in [0.4, 0.5) is 17.1 Å². The number of carbonyl (C=O) groups excluding carboxylic acids is 2. The van der Waals surface area contributed by atoms with Gasteiger partial charge in [-0.05, 0) is 157 Å². The average Bonchev–Trinajstić information content (AvgIpc) is 0.751. The zero-order chi connectivity index (χ0) is 68.5. The van der Waals surface area contributed by atoms with Crippen molar-refractivity contribution in [2.24, 2.45) is 0 Å². The second-order valence-electron chi connectivity index (χ2n) is 22.1. The maximum atomic E-state index is 13.4. The molecule has 96 heavy (non-hydrogen) atoms. The van der Waals surface area contributed by atoms with Gasteiger partial charge in [-0.25, -0.2) is 0 Å². The molecule has 0 unspecified atom stereocenters. The fourth-order valence-electron chi connectivity index (χ4n) is 11.2. The van der Waals surface area contributed by atoms with Crippen LogP contribution in [0.3, 0.4) is 0 Å². The standard InChI is InChI=1S/C24H22ClN3O3.C22H18ClN3O3.C19H18BrClN2O3.C5H6BNO2.CH4/c1-4-31-21(29)14-28-20-13-16(15-9-11-26-12-10-15)5-6-17(20)24(30)18-7-8-19(25)23(22(18)28)27(2)3;1-25(2)21-17(23)6-5-16-20(21)26(12-19(27)28)18-11-14(3-4-15(18)22(16)29)13-7-9-24-10-8-13;1-4-26-16(24)10-23-15-9-11(20)5-6-12(15)19(25)13-7-8-14(21)18(17(13)23)22(2)3;8-6(9)5-1-3-7-4-2-5;/h5-13H,4,14H2,1-3H3;3-11H,12H2,1-2H3,(H,27,28);5-9H,4,10H2,1-3H3;1-4,8-9H;1H4. The predicted molar refractivity (Wildman–Crippen MR) is 391 cm³/mol. The molecule has 0 aliphatic carbocycles. The smallest absolute Gasteiger partial charge is 0.480 e. The zero-order valence-electron chi connectivity index (χ0n) is 52.8. The Morgan fingerprint density at radius 1 is 0.458 bits per heavy atom. The van der Waals surface area contributed by atoms with Crippen molar-refractivity contribution in [3.63, 3.8) is 0 Å². The van der Waals surface area contributed by atoms with E-state index in [0.29, 0.717) is 110 Å². The predicted octanol–water partition coefficient (Wildman–Crippen LogP) is 12.1. The van der Waals surface area contributed by atoms with Gasteiger partial charge in [-0.15, -0.1) is 0 Å². The minimum absolute atomic E-state index is 0. The number of aromatic nitrogens is 6. The summed E-state index contributed by atoms with van der Waals surface area (Å²) in [7, 11) is 9.67. The maximum absolute atomic E-state index is 13.4. The van der Waals surface area contributed by atoms with Gasteiger partial charge in [0.1, 0.15) is 19.6 Å². The lowest BCUT2D eigenvalue weighted by molar-refractivity contribution is -0.144. The first-order valence-electron chi connectivity index (χ1n) is 29.6. The van der Waals surface area contributed by atoms with E-state index in [1.165, 1.54) is 12.4 Å². The molecule has 0 atom stereocenters. The van der Waals surface area contributed by atoms with E-state index in [1.807, 2.05) is 117 Å². The summed E-state index contributed by atoms with van der Waals surface area (Å²) in [6, 6.07) is 37.3. The van der Waals surface area contributed by atoms with Crippen LogP contribution >= 0.6 is 50.7 Å². The van der Waals surface area contributed by atoms with Crippen LogP contribution in [0.1, 0.15) is 21.3 Å². The summed E-state index contributed by atoms with van der Waals surface area (Å²) in [5.41, 5.74) is 9.33. The third kappa shape index (κ3) is 15.5. The van der Waals surface area contributed by atoms with E-state index in [9.17, 15) is 33.9 Å². The molecule has 494 valence electrons. The van der Waals surface area contributed by atoms with E-state index >= 15 is 0 Å². The van der Waals surface area contributed by atoms with Crippen molar-refractivity contribution < 1.29 is 39.0 Å². The molecule has 25 heteroatoms. The highest BCUT2D eigenvalue weighted by atomic mass is 79.9. The number of anilines is 3. The van der Waals surface area contributed by atoms with Crippen LogP contribution < -0.4 is 36.4 Å². The summed E-state index contributed by atoms with van der Waals surface area (Å²) in [5.74, 6) is -1.76. The first kappa shape index (κ1) is 72.2. The molecule has 3 N–H and O–H groups in total. The van der Waals surface area contributed by atoms with Crippen LogP contribution in [-0.2, 0) is 43.5 Å². The summed E-state index contributed by atoms with van der Waals surface area (Å²) in [5, 5.41) is 31.1. The number of carboxylic acids is 1. The fraction of sp³-hybridized carbons (Fsp3) is 0.197. The normalized spacial score (nSPS) is 10.8. The lowest BCUT2D eigenvalue weighted by Gasteiger charge is -2.22. The molecule has 6 heterocycles. The SMILES string of the molecule is C.CCOC(=O)Cn1c2cc(-c3ccncc3)ccc2c(=O)c2ccc(Cl)c(N(C)C)c21.CCOC(=O)Cn1c2cc(Br)ccc2c(=O)c2ccc(Cl)c(N(C)C)c21.CN(C)c1c(Cl)ccc2c(=O)c3ccc(-c4ccncc4)cc3n(CC(=O)O)c12.OB(O)c1ccncc1.